The summed E-state index contributed by atoms with van der Waals surface area (Å²) in [6, 6.07) is 7.73. The zero-order valence-corrected chi connectivity index (χ0v) is 15.0. The van der Waals surface area contributed by atoms with Crippen LogP contribution in [0.3, 0.4) is 0 Å². The number of amides is 2. The molecule has 1 aromatic carbocycles. The molecule has 1 aliphatic carbocycles. The average Bonchev–Trinajstić information content (AvgIpc) is 3.14. The molecule has 1 aliphatic heterocycles. The molecule has 0 radical (unpaired) electrons. The van der Waals surface area contributed by atoms with Crippen molar-refractivity contribution in [2.75, 3.05) is 13.2 Å². The van der Waals surface area contributed by atoms with Crippen molar-refractivity contribution in [3.05, 3.63) is 29.8 Å². The first-order valence-electron chi connectivity index (χ1n) is 9.17. The molecular formula is C20H27NO4. The highest BCUT2D eigenvalue weighted by molar-refractivity contribution is 6.06. The minimum atomic E-state index is -0.885. The van der Waals surface area contributed by atoms with E-state index in [0.29, 0.717) is 12.3 Å². The molecule has 0 bridgehead atoms. The fourth-order valence-corrected chi connectivity index (χ4v) is 4.03. The molecule has 25 heavy (non-hydrogen) atoms. The van der Waals surface area contributed by atoms with Crippen molar-refractivity contribution in [1.29, 1.82) is 0 Å². The number of carbonyl (C=O) groups is 2. The summed E-state index contributed by atoms with van der Waals surface area (Å²) in [5, 5.41) is 10.3. The van der Waals surface area contributed by atoms with E-state index in [1.165, 1.54) is 4.90 Å². The summed E-state index contributed by atoms with van der Waals surface area (Å²) in [6.45, 7) is 4.25. The van der Waals surface area contributed by atoms with E-state index in [9.17, 15) is 14.7 Å². The fourth-order valence-electron chi connectivity index (χ4n) is 4.03. The van der Waals surface area contributed by atoms with Gasteiger partial charge in [-0.3, -0.25) is 14.5 Å². The van der Waals surface area contributed by atoms with E-state index in [1.54, 1.807) is 0 Å². The van der Waals surface area contributed by atoms with Crippen LogP contribution in [0.4, 0.5) is 0 Å². The lowest BCUT2D eigenvalue weighted by atomic mass is 9.84. The van der Waals surface area contributed by atoms with Crippen LogP contribution in [0.1, 0.15) is 57.4 Å². The molecule has 0 aromatic heterocycles. The number of nitrogens with zero attached hydrogens (tertiary/aromatic N) is 1. The van der Waals surface area contributed by atoms with Gasteiger partial charge in [-0.05, 0) is 30.4 Å². The Kier molecular flexibility index (Phi) is 5.13. The molecule has 2 aliphatic rings. The topological polar surface area (TPSA) is 66.8 Å². The second-order valence-corrected chi connectivity index (χ2v) is 7.63. The van der Waals surface area contributed by atoms with E-state index in [0.717, 1.165) is 37.0 Å². The first-order valence-corrected chi connectivity index (χ1v) is 9.17. The van der Waals surface area contributed by atoms with Crippen molar-refractivity contribution in [3.63, 3.8) is 0 Å². The number of rotatable bonds is 6. The van der Waals surface area contributed by atoms with Crippen molar-refractivity contribution in [2.24, 2.45) is 5.41 Å². The van der Waals surface area contributed by atoms with Gasteiger partial charge in [-0.25, -0.2) is 0 Å². The molecule has 2 amide bonds. The molecule has 1 heterocycles. The first kappa shape index (κ1) is 17.9. The molecule has 1 saturated heterocycles. The number of likely N-dealkylation sites (tertiary alicyclic amines) is 1. The highest BCUT2D eigenvalue weighted by atomic mass is 16.5. The van der Waals surface area contributed by atoms with Gasteiger partial charge >= 0.3 is 0 Å². The number of hydrogen-bond acceptors (Lipinski definition) is 4. The summed E-state index contributed by atoms with van der Waals surface area (Å²) in [5.41, 5.74) is 0.593. The van der Waals surface area contributed by atoms with Crippen LogP contribution in [-0.4, -0.2) is 41.1 Å². The number of aliphatic hydroxyl groups excluding tert-OH is 1. The monoisotopic (exact) mass is 345 g/mol. The third-order valence-electron chi connectivity index (χ3n) is 5.42. The fraction of sp³-hybridized carbons (Fsp3) is 0.600. The van der Waals surface area contributed by atoms with Crippen LogP contribution in [0, 0.1) is 5.41 Å². The number of aliphatic hydroxyl groups is 1. The molecule has 1 aromatic rings. The van der Waals surface area contributed by atoms with Crippen LogP contribution < -0.4 is 4.74 Å². The van der Waals surface area contributed by atoms with Crippen LogP contribution in [0.25, 0.3) is 0 Å². The van der Waals surface area contributed by atoms with E-state index in [2.05, 4.69) is 13.8 Å². The number of imide groups is 1. The Hall–Kier alpha value is -1.88. The zero-order chi connectivity index (χ0) is 18.0. The number of β-amino-alcohol motifs (C(OH)–C–C–N with tert-alkyl or cyclic N) is 1. The van der Waals surface area contributed by atoms with Crippen molar-refractivity contribution in [2.45, 2.75) is 58.0 Å². The second-order valence-electron chi connectivity index (χ2n) is 7.63. The van der Waals surface area contributed by atoms with E-state index in [1.807, 2.05) is 24.3 Å². The molecular weight excluding hydrogens is 318 g/mol. The van der Waals surface area contributed by atoms with Crippen molar-refractivity contribution >= 4 is 11.8 Å². The van der Waals surface area contributed by atoms with Gasteiger partial charge in [0.2, 0.25) is 11.8 Å². The normalized spacial score (nSPS) is 20.7. The lowest BCUT2D eigenvalue weighted by Gasteiger charge is -2.23. The minimum absolute atomic E-state index is 0.0171. The molecule has 136 valence electrons. The van der Waals surface area contributed by atoms with E-state index in [-0.39, 0.29) is 25.0 Å². The summed E-state index contributed by atoms with van der Waals surface area (Å²) >= 11 is 0. The Morgan fingerprint density at radius 3 is 2.56 bits per heavy atom. The summed E-state index contributed by atoms with van der Waals surface area (Å²) in [6.07, 6.45) is 3.01. The molecule has 1 unspecified atom stereocenters. The van der Waals surface area contributed by atoms with Crippen LogP contribution in [0.15, 0.2) is 24.3 Å². The Morgan fingerprint density at radius 2 is 1.88 bits per heavy atom. The second kappa shape index (κ2) is 7.16. The largest absolute Gasteiger partial charge is 0.491 e. The van der Waals surface area contributed by atoms with Crippen LogP contribution >= 0.6 is 0 Å². The molecule has 1 saturated carbocycles. The van der Waals surface area contributed by atoms with E-state index >= 15 is 0 Å². The third kappa shape index (κ3) is 3.56. The van der Waals surface area contributed by atoms with Crippen molar-refractivity contribution in [3.8, 4) is 5.75 Å². The van der Waals surface area contributed by atoms with Gasteiger partial charge in [0.1, 0.15) is 18.5 Å². The van der Waals surface area contributed by atoms with Crippen molar-refractivity contribution < 1.29 is 19.4 Å². The minimum Gasteiger partial charge on any atom is -0.491 e. The zero-order valence-electron chi connectivity index (χ0n) is 15.0. The Bertz CT molecular complexity index is 649. The van der Waals surface area contributed by atoms with Gasteiger partial charge in [-0.1, -0.05) is 44.9 Å². The molecule has 2 fully saturated rings. The van der Waals surface area contributed by atoms with Gasteiger partial charge in [0, 0.05) is 6.42 Å². The van der Waals surface area contributed by atoms with Gasteiger partial charge in [0.15, 0.2) is 0 Å². The van der Waals surface area contributed by atoms with Gasteiger partial charge in [0.05, 0.1) is 12.0 Å². The van der Waals surface area contributed by atoms with Crippen LogP contribution in [-0.2, 0) is 9.59 Å². The maximum absolute atomic E-state index is 12.6. The predicted molar refractivity (Wildman–Crippen MR) is 94.3 cm³/mol. The SMILES string of the molecule is CC(C)c1ccccc1OCC(O)CN1C(=O)CC2(CCCC2)C1=O. The molecule has 1 N–H and O–H groups in total. The summed E-state index contributed by atoms with van der Waals surface area (Å²) < 4.78 is 5.76. The Labute approximate surface area is 149 Å². The molecule has 3 rings (SSSR count). The van der Waals surface area contributed by atoms with Crippen LogP contribution in [0.5, 0.6) is 5.75 Å². The summed E-state index contributed by atoms with van der Waals surface area (Å²) in [4.78, 5) is 26.1. The number of benzene rings is 1. The number of ether oxygens (including phenoxy) is 1. The van der Waals surface area contributed by atoms with Gasteiger partial charge in [-0.15, -0.1) is 0 Å². The highest BCUT2D eigenvalue weighted by Crippen LogP contribution is 2.46. The first-order chi connectivity index (χ1) is 11.9. The smallest absolute Gasteiger partial charge is 0.235 e. The van der Waals surface area contributed by atoms with Gasteiger partial charge in [0.25, 0.3) is 0 Å². The number of hydrogen-bond donors (Lipinski definition) is 1. The third-order valence-corrected chi connectivity index (χ3v) is 5.42. The Morgan fingerprint density at radius 1 is 1.20 bits per heavy atom. The van der Waals surface area contributed by atoms with Gasteiger partial charge in [-0.2, -0.15) is 0 Å². The summed E-state index contributed by atoms with van der Waals surface area (Å²) in [7, 11) is 0. The molecule has 5 heteroatoms. The van der Waals surface area contributed by atoms with Gasteiger partial charge < -0.3 is 9.84 Å². The predicted octanol–water partition coefficient (Wildman–Crippen LogP) is 2.87. The number of carbonyl (C=O) groups excluding carboxylic acids is 2. The Balaban J connectivity index is 1.59. The van der Waals surface area contributed by atoms with E-state index < -0.39 is 11.5 Å². The molecule has 1 spiro atoms. The highest BCUT2D eigenvalue weighted by Gasteiger charge is 2.52. The van der Waals surface area contributed by atoms with Crippen LogP contribution in [0.2, 0.25) is 0 Å². The maximum Gasteiger partial charge on any atom is 0.235 e. The summed E-state index contributed by atoms with van der Waals surface area (Å²) in [5.74, 6) is 0.797. The van der Waals surface area contributed by atoms with Crippen molar-refractivity contribution in [1.82, 2.24) is 4.90 Å². The van der Waals surface area contributed by atoms with E-state index in [4.69, 9.17) is 4.74 Å². The quantitative estimate of drug-likeness (QED) is 0.805. The molecule has 5 nitrogen and oxygen atoms in total. The number of para-hydroxylation sites is 1. The maximum atomic E-state index is 12.6. The lowest BCUT2D eigenvalue weighted by molar-refractivity contribution is -0.143. The standard InChI is InChI=1S/C20H27NO4/c1-14(2)16-7-3-4-8-17(16)25-13-15(22)12-21-18(23)11-20(19(21)24)9-5-6-10-20/h3-4,7-8,14-15,22H,5-6,9-13H2,1-2H3. The molecule has 1 atom stereocenters. The lowest BCUT2D eigenvalue weighted by Crippen LogP contribution is -2.41. The average molecular weight is 345 g/mol.